The van der Waals surface area contributed by atoms with Crippen LogP contribution in [0.3, 0.4) is 0 Å². The van der Waals surface area contributed by atoms with E-state index in [0.717, 1.165) is 25.9 Å². The lowest BCUT2D eigenvalue weighted by molar-refractivity contribution is -0.384. The average Bonchev–Trinajstić information content (AvgIpc) is 2.52. The minimum Gasteiger partial charge on any atom is -0.366 e. The molecule has 2 rings (SSSR count). The molecule has 6 heteroatoms. The molecule has 0 saturated carbocycles. The third kappa shape index (κ3) is 4.43. The van der Waals surface area contributed by atoms with Crippen molar-refractivity contribution < 1.29 is 9.72 Å². The van der Waals surface area contributed by atoms with Crippen molar-refractivity contribution in [1.29, 1.82) is 0 Å². The lowest BCUT2D eigenvalue weighted by Crippen LogP contribution is -2.43. The number of rotatable bonds is 4. The zero-order valence-corrected chi connectivity index (χ0v) is 14.0. The molecule has 1 aliphatic rings. The van der Waals surface area contributed by atoms with Gasteiger partial charge in [-0.15, -0.1) is 0 Å². The van der Waals surface area contributed by atoms with E-state index in [2.05, 4.69) is 10.2 Å². The molecule has 1 amide bonds. The third-order valence-electron chi connectivity index (χ3n) is 4.17. The number of amides is 1. The molecule has 23 heavy (non-hydrogen) atoms. The van der Waals surface area contributed by atoms with Crippen molar-refractivity contribution in [3.63, 3.8) is 0 Å². The molecule has 1 fully saturated rings. The Labute approximate surface area is 137 Å². The average molecular weight is 319 g/mol. The molecule has 6 nitrogen and oxygen atoms in total. The Morgan fingerprint density at radius 3 is 2.74 bits per heavy atom. The van der Waals surface area contributed by atoms with Gasteiger partial charge in [0.2, 0.25) is 5.91 Å². The molecule has 1 N–H and O–H groups in total. The number of anilines is 1. The Morgan fingerprint density at radius 2 is 2.09 bits per heavy atom. The van der Waals surface area contributed by atoms with Crippen LogP contribution in [0, 0.1) is 21.4 Å². The minimum atomic E-state index is -0.396. The Kier molecular flexibility index (Phi) is 5.23. The fourth-order valence-electron chi connectivity index (χ4n) is 2.84. The van der Waals surface area contributed by atoms with Gasteiger partial charge in [-0.05, 0) is 24.8 Å². The van der Waals surface area contributed by atoms with E-state index in [1.807, 2.05) is 26.8 Å². The van der Waals surface area contributed by atoms with E-state index in [0.29, 0.717) is 18.2 Å². The van der Waals surface area contributed by atoms with E-state index in [-0.39, 0.29) is 16.5 Å². The first-order valence-electron chi connectivity index (χ1n) is 8.05. The highest BCUT2D eigenvalue weighted by atomic mass is 16.6. The fraction of sp³-hybridized carbons (Fsp3) is 0.588. The quantitative estimate of drug-likeness (QED) is 0.684. The van der Waals surface area contributed by atoms with Crippen LogP contribution in [-0.2, 0) is 4.79 Å². The first-order chi connectivity index (χ1) is 10.8. The summed E-state index contributed by atoms with van der Waals surface area (Å²) >= 11 is 0. The van der Waals surface area contributed by atoms with Crippen LogP contribution in [0.2, 0.25) is 0 Å². The molecule has 1 aliphatic heterocycles. The number of hydrogen-bond donors (Lipinski definition) is 1. The SMILES string of the molecule is CC(C)(C)C(=O)NCC1CCCN(c2ccccc2[N+](=O)[O-])C1. The van der Waals surface area contributed by atoms with Crippen LogP contribution in [-0.4, -0.2) is 30.5 Å². The smallest absolute Gasteiger partial charge is 0.292 e. The molecule has 1 unspecified atom stereocenters. The van der Waals surface area contributed by atoms with Crippen molar-refractivity contribution in [3.8, 4) is 0 Å². The topological polar surface area (TPSA) is 75.5 Å². The second kappa shape index (κ2) is 6.98. The lowest BCUT2D eigenvalue weighted by Gasteiger charge is -2.34. The Balaban J connectivity index is 2.02. The summed E-state index contributed by atoms with van der Waals surface area (Å²) in [6, 6.07) is 6.86. The van der Waals surface area contributed by atoms with Gasteiger partial charge in [0, 0.05) is 31.1 Å². The summed E-state index contributed by atoms with van der Waals surface area (Å²) in [5.74, 6) is 0.357. The molecule has 1 aromatic carbocycles. The maximum absolute atomic E-state index is 12.0. The number of nitro benzene ring substituents is 1. The normalized spacial score (nSPS) is 18.6. The van der Waals surface area contributed by atoms with E-state index < -0.39 is 5.41 Å². The third-order valence-corrected chi connectivity index (χ3v) is 4.17. The number of hydrogen-bond acceptors (Lipinski definition) is 4. The van der Waals surface area contributed by atoms with Crippen LogP contribution in [0.5, 0.6) is 0 Å². The van der Waals surface area contributed by atoms with Gasteiger partial charge in [0.25, 0.3) is 5.69 Å². The van der Waals surface area contributed by atoms with Crippen LogP contribution < -0.4 is 10.2 Å². The van der Waals surface area contributed by atoms with Gasteiger partial charge in [-0.25, -0.2) is 0 Å². The highest BCUT2D eigenvalue weighted by Gasteiger charge is 2.27. The summed E-state index contributed by atoms with van der Waals surface area (Å²) in [6.45, 7) is 7.84. The molecule has 0 aliphatic carbocycles. The molecule has 0 aromatic heterocycles. The van der Waals surface area contributed by atoms with Gasteiger partial charge in [0.1, 0.15) is 5.69 Å². The summed E-state index contributed by atoms with van der Waals surface area (Å²) in [7, 11) is 0. The van der Waals surface area contributed by atoms with Gasteiger partial charge in [-0.1, -0.05) is 32.9 Å². The predicted molar refractivity (Wildman–Crippen MR) is 90.5 cm³/mol. The summed E-state index contributed by atoms with van der Waals surface area (Å²) in [4.78, 5) is 24.9. The molecule has 0 spiro atoms. The number of piperidine rings is 1. The van der Waals surface area contributed by atoms with Crippen molar-refractivity contribution in [2.75, 3.05) is 24.5 Å². The molecule has 1 saturated heterocycles. The number of benzene rings is 1. The zero-order chi connectivity index (χ0) is 17.0. The van der Waals surface area contributed by atoms with Gasteiger partial charge < -0.3 is 10.2 Å². The maximum Gasteiger partial charge on any atom is 0.292 e. The van der Waals surface area contributed by atoms with Crippen molar-refractivity contribution in [1.82, 2.24) is 5.32 Å². The molecular weight excluding hydrogens is 294 g/mol. The molecular formula is C17H25N3O3. The number of nitro groups is 1. The Bertz CT molecular complexity index is 581. The molecule has 1 aromatic rings. The van der Waals surface area contributed by atoms with Crippen molar-refractivity contribution >= 4 is 17.3 Å². The first kappa shape index (κ1) is 17.2. The van der Waals surface area contributed by atoms with E-state index in [1.165, 1.54) is 0 Å². The van der Waals surface area contributed by atoms with Gasteiger partial charge in [-0.3, -0.25) is 14.9 Å². The van der Waals surface area contributed by atoms with Gasteiger partial charge in [-0.2, -0.15) is 0 Å². The standard InChI is InChI=1S/C17H25N3O3/c1-17(2,3)16(21)18-11-13-7-6-10-19(12-13)14-8-4-5-9-15(14)20(22)23/h4-5,8-9,13H,6-7,10-12H2,1-3H3,(H,18,21). The highest BCUT2D eigenvalue weighted by molar-refractivity contribution is 5.81. The summed E-state index contributed by atoms with van der Waals surface area (Å²) in [5.41, 5.74) is 0.420. The fourth-order valence-corrected chi connectivity index (χ4v) is 2.84. The van der Waals surface area contributed by atoms with Crippen LogP contribution in [0.15, 0.2) is 24.3 Å². The number of carbonyl (C=O) groups excluding carboxylic acids is 1. The monoisotopic (exact) mass is 319 g/mol. The summed E-state index contributed by atoms with van der Waals surface area (Å²) < 4.78 is 0. The van der Waals surface area contributed by atoms with Crippen LogP contribution in [0.25, 0.3) is 0 Å². The lowest BCUT2D eigenvalue weighted by atomic mass is 9.93. The first-order valence-corrected chi connectivity index (χ1v) is 8.05. The Morgan fingerprint density at radius 1 is 1.39 bits per heavy atom. The molecule has 126 valence electrons. The highest BCUT2D eigenvalue weighted by Crippen LogP contribution is 2.31. The zero-order valence-electron chi connectivity index (χ0n) is 14.0. The minimum absolute atomic E-state index is 0.0420. The largest absolute Gasteiger partial charge is 0.366 e. The van der Waals surface area contributed by atoms with Gasteiger partial charge in [0.15, 0.2) is 0 Å². The van der Waals surface area contributed by atoms with Crippen molar-refractivity contribution in [2.45, 2.75) is 33.6 Å². The molecule has 1 atom stereocenters. The van der Waals surface area contributed by atoms with E-state index in [9.17, 15) is 14.9 Å². The van der Waals surface area contributed by atoms with Crippen molar-refractivity contribution in [3.05, 3.63) is 34.4 Å². The number of nitrogens with one attached hydrogen (secondary N) is 1. The summed E-state index contributed by atoms with van der Waals surface area (Å²) in [5, 5.41) is 14.2. The number of nitrogens with zero attached hydrogens (tertiary/aromatic N) is 2. The van der Waals surface area contributed by atoms with E-state index >= 15 is 0 Å². The van der Waals surface area contributed by atoms with Crippen molar-refractivity contribution in [2.24, 2.45) is 11.3 Å². The molecule has 0 bridgehead atoms. The number of para-hydroxylation sites is 2. The van der Waals surface area contributed by atoms with Gasteiger partial charge in [0.05, 0.1) is 4.92 Å². The maximum atomic E-state index is 12.0. The molecule has 1 heterocycles. The van der Waals surface area contributed by atoms with Crippen LogP contribution >= 0.6 is 0 Å². The van der Waals surface area contributed by atoms with Crippen LogP contribution in [0.4, 0.5) is 11.4 Å². The number of carbonyl (C=O) groups is 1. The predicted octanol–water partition coefficient (Wildman–Crippen LogP) is 2.97. The second-order valence-corrected chi connectivity index (χ2v) is 7.16. The van der Waals surface area contributed by atoms with E-state index in [1.54, 1.807) is 18.2 Å². The summed E-state index contributed by atoms with van der Waals surface area (Å²) in [6.07, 6.45) is 2.00. The Hall–Kier alpha value is -2.11. The molecule has 0 radical (unpaired) electrons. The van der Waals surface area contributed by atoms with Gasteiger partial charge >= 0.3 is 0 Å². The van der Waals surface area contributed by atoms with E-state index in [4.69, 9.17) is 0 Å². The second-order valence-electron chi connectivity index (χ2n) is 7.16. The van der Waals surface area contributed by atoms with Crippen LogP contribution in [0.1, 0.15) is 33.6 Å².